The maximum Gasteiger partial charge on any atom is 0.271 e. The Morgan fingerprint density at radius 2 is 1.80 bits per heavy atom. The number of pyridine rings is 1. The van der Waals surface area contributed by atoms with Crippen LogP contribution in [0.3, 0.4) is 0 Å². The predicted molar refractivity (Wildman–Crippen MR) is 80.0 cm³/mol. The molecule has 0 aliphatic rings. The standard InChI is InChI=1S/C15H14ClN3O/c1-2-14(11-3-5-13(16)6-4-11)18-19-15(20)12-7-9-17-10-8-12/h3-10H,2H2,1H3,(H,19,20). The first-order chi connectivity index (χ1) is 9.70. The highest BCUT2D eigenvalue weighted by Gasteiger charge is 2.05. The monoisotopic (exact) mass is 287 g/mol. The van der Waals surface area contributed by atoms with Crippen molar-refractivity contribution in [3.05, 3.63) is 64.9 Å². The first-order valence-corrected chi connectivity index (χ1v) is 6.61. The molecule has 0 radical (unpaired) electrons. The summed E-state index contributed by atoms with van der Waals surface area (Å²) >= 11 is 5.85. The lowest BCUT2D eigenvalue weighted by molar-refractivity contribution is 0.0954. The van der Waals surface area contributed by atoms with E-state index in [0.29, 0.717) is 17.0 Å². The average Bonchev–Trinajstić information content (AvgIpc) is 2.50. The third-order valence-corrected chi connectivity index (χ3v) is 3.00. The Labute approximate surface area is 122 Å². The van der Waals surface area contributed by atoms with Crippen LogP contribution in [0.4, 0.5) is 0 Å². The summed E-state index contributed by atoms with van der Waals surface area (Å²) in [6.45, 7) is 1.98. The first-order valence-electron chi connectivity index (χ1n) is 6.23. The minimum atomic E-state index is -0.257. The Kier molecular flexibility index (Phi) is 4.85. The maximum atomic E-state index is 11.9. The zero-order chi connectivity index (χ0) is 14.4. The third kappa shape index (κ3) is 3.65. The number of benzene rings is 1. The van der Waals surface area contributed by atoms with Crippen molar-refractivity contribution in [1.82, 2.24) is 10.4 Å². The summed E-state index contributed by atoms with van der Waals surface area (Å²) in [6, 6.07) is 10.6. The van der Waals surface area contributed by atoms with Crippen LogP contribution >= 0.6 is 11.6 Å². The Hall–Kier alpha value is -2.20. The Morgan fingerprint density at radius 3 is 2.40 bits per heavy atom. The number of rotatable bonds is 4. The fourth-order valence-corrected chi connectivity index (χ4v) is 1.80. The molecular formula is C15H14ClN3O. The van der Waals surface area contributed by atoms with Gasteiger partial charge in [0.2, 0.25) is 0 Å². The zero-order valence-corrected chi connectivity index (χ0v) is 11.8. The summed E-state index contributed by atoms with van der Waals surface area (Å²) in [7, 11) is 0. The number of nitrogens with one attached hydrogen (secondary N) is 1. The van der Waals surface area contributed by atoms with Crippen LogP contribution in [0.15, 0.2) is 53.9 Å². The topological polar surface area (TPSA) is 54.4 Å². The molecule has 2 aromatic rings. The molecule has 0 saturated heterocycles. The van der Waals surface area contributed by atoms with Gasteiger partial charge in [-0.2, -0.15) is 5.10 Å². The molecule has 0 bridgehead atoms. The van der Waals surface area contributed by atoms with Crippen molar-refractivity contribution in [2.24, 2.45) is 5.10 Å². The predicted octanol–water partition coefficient (Wildman–Crippen LogP) is 3.28. The highest BCUT2D eigenvalue weighted by Crippen LogP contribution is 2.11. The molecule has 0 spiro atoms. The number of halogens is 1. The molecule has 5 heteroatoms. The smallest absolute Gasteiger partial charge is 0.267 e. The van der Waals surface area contributed by atoms with E-state index in [1.54, 1.807) is 36.7 Å². The molecular weight excluding hydrogens is 274 g/mol. The Morgan fingerprint density at radius 1 is 1.15 bits per heavy atom. The number of carbonyl (C=O) groups is 1. The third-order valence-electron chi connectivity index (χ3n) is 2.75. The molecule has 2 rings (SSSR count). The van der Waals surface area contributed by atoms with Gasteiger partial charge in [-0.05, 0) is 36.2 Å². The minimum Gasteiger partial charge on any atom is -0.267 e. The van der Waals surface area contributed by atoms with E-state index in [1.807, 2.05) is 19.1 Å². The van der Waals surface area contributed by atoms with Crippen molar-refractivity contribution >= 4 is 23.2 Å². The summed E-state index contributed by atoms with van der Waals surface area (Å²) in [6.07, 6.45) is 3.84. The van der Waals surface area contributed by atoms with Gasteiger partial charge in [0.15, 0.2) is 0 Å². The van der Waals surface area contributed by atoms with Crippen LogP contribution in [0.25, 0.3) is 0 Å². The van der Waals surface area contributed by atoms with Gasteiger partial charge in [0.25, 0.3) is 5.91 Å². The summed E-state index contributed by atoms with van der Waals surface area (Å²) in [4.78, 5) is 15.8. The molecule has 0 aliphatic heterocycles. The molecule has 0 saturated carbocycles. The fraction of sp³-hybridized carbons (Fsp3) is 0.133. The van der Waals surface area contributed by atoms with E-state index in [1.165, 1.54) is 0 Å². The minimum absolute atomic E-state index is 0.257. The van der Waals surface area contributed by atoms with Gasteiger partial charge >= 0.3 is 0 Å². The van der Waals surface area contributed by atoms with Crippen LogP contribution in [0.2, 0.25) is 5.02 Å². The molecule has 0 fully saturated rings. The van der Waals surface area contributed by atoms with Gasteiger partial charge in [0.1, 0.15) is 0 Å². The van der Waals surface area contributed by atoms with Crippen LogP contribution in [0.5, 0.6) is 0 Å². The number of amides is 1. The Balaban J connectivity index is 2.12. The largest absolute Gasteiger partial charge is 0.271 e. The molecule has 20 heavy (non-hydrogen) atoms. The lowest BCUT2D eigenvalue weighted by Crippen LogP contribution is -2.19. The van der Waals surface area contributed by atoms with E-state index in [9.17, 15) is 4.79 Å². The summed E-state index contributed by atoms with van der Waals surface area (Å²) < 4.78 is 0. The SMILES string of the molecule is CCC(=NNC(=O)c1ccncc1)c1ccc(Cl)cc1. The van der Waals surface area contributed by atoms with Crippen LogP contribution in [-0.4, -0.2) is 16.6 Å². The van der Waals surface area contributed by atoms with Crippen molar-refractivity contribution in [2.45, 2.75) is 13.3 Å². The van der Waals surface area contributed by atoms with E-state index in [4.69, 9.17) is 11.6 Å². The van der Waals surface area contributed by atoms with Gasteiger partial charge < -0.3 is 0 Å². The molecule has 1 amide bonds. The highest BCUT2D eigenvalue weighted by atomic mass is 35.5. The van der Waals surface area contributed by atoms with Gasteiger partial charge in [0, 0.05) is 23.0 Å². The summed E-state index contributed by atoms with van der Waals surface area (Å²) in [5.41, 5.74) is 4.81. The molecule has 0 unspecified atom stereocenters. The van der Waals surface area contributed by atoms with Crippen LogP contribution < -0.4 is 5.43 Å². The number of hydrogen-bond donors (Lipinski definition) is 1. The van der Waals surface area contributed by atoms with Gasteiger partial charge in [-0.3, -0.25) is 9.78 Å². The number of aromatic nitrogens is 1. The average molecular weight is 288 g/mol. The van der Waals surface area contributed by atoms with E-state index in [-0.39, 0.29) is 5.91 Å². The van der Waals surface area contributed by atoms with Crippen molar-refractivity contribution < 1.29 is 4.79 Å². The Bertz CT molecular complexity index is 609. The second-order valence-corrected chi connectivity index (χ2v) is 4.53. The molecule has 0 aliphatic carbocycles. The number of hydrazone groups is 1. The van der Waals surface area contributed by atoms with E-state index >= 15 is 0 Å². The van der Waals surface area contributed by atoms with Crippen molar-refractivity contribution in [3.8, 4) is 0 Å². The first kappa shape index (κ1) is 14.2. The van der Waals surface area contributed by atoms with E-state index in [0.717, 1.165) is 11.3 Å². The zero-order valence-electron chi connectivity index (χ0n) is 11.0. The normalized spacial score (nSPS) is 11.2. The highest BCUT2D eigenvalue weighted by molar-refractivity contribution is 6.30. The maximum absolute atomic E-state index is 11.9. The van der Waals surface area contributed by atoms with E-state index in [2.05, 4.69) is 15.5 Å². The number of nitrogens with zero attached hydrogens (tertiary/aromatic N) is 2. The number of carbonyl (C=O) groups excluding carboxylic acids is 1. The van der Waals surface area contributed by atoms with Gasteiger partial charge in [-0.1, -0.05) is 30.7 Å². The molecule has 1 N–H and O–H groups in total. The fourth-order valence-electron chi connectivity index (χ4n) is 1.68. The number of hydrogen-bond acceptors (Lipinski definition) is 3. The second kappa shape index (κ2) is 6.82. The van der Waals surface area contributed by atoms with Crippen molar-refractivity contribution in [1.29, 1.82) is 0 Å². The van der Waals surface area contributed by atoms with Crippen LogP contribution in [0.1, 0.15) is 29.3 Å². The van der Waals surface area contributed by atoms with Crippen LogP contribution in [-0.2, 0) is 0 Å². The quantitative estimate of drug-likeness (QED) is 0.693. The molecule has 102 valence electrons. The molecule has 1 aromatic carbocycles. The van der Waals surface area contributed by atoms with Crippen molar-refractivity contribution in [2.75, 3.05) is 0 Å². The molecule has 1 aromatic heterocycles. The lowest BCUT2D eigenvalue weighted by Gasteiger charge is -2.05. The van der Waals surface area contributed by atoms with Gasteiger partial charge in [-0.25, -0.2) is 5.43 Å². The van der Waals surface area contributed by atoms with E-state index < -0.39 is 0 Å². The second-order valence-electron chi connectivity index (χ2n) is 4.10. The molecule has 1 heterocycles. The summed E-state index contributed by atoms with van der Waals surface area (Å²) in [5, 5.41) is 4.84. The van der Waals surface area contributed by atoms with Gasteiger partial charge in [-0.15, -0.1) is 0 Å². The molecule has 0 atom stereocenters. The summed E-state index contributed by atoms with van der Waals surface area (Å²) in [5.74, 6) is -0.257. The van der Waals surface area contributed by atoms with Crippen molar-refractivity contribution in [3.63, 3.8) is 0 Å². The lowest BCUT2D eigenvalue weighted by atomic mass is 10.1. The van der Waals surface area contributed by atoms with Gasteiger partial charge in [0.05, 0.1) is 5.71 Å². The molecule has 4 nitrogen and oxygen atoms in total. The van der Waals surface area contributed by atoms with Crippen LogP contribution in [0, 0.1) is 0 Å².